The molecule has 0 bridgehead atoms. The SMILES string of the molecule is CC(=O)Nc1ccc(CNC(=O)CN(C)CCc2cnn(C)c2)cc1. The van der Waals surface area contributed by atoms with Crippen molar-refractivity contribution in [1.29, 1.82) is 0 Å². The molecule has 0 saturated heterocycles. The van der Waals surface area contributed by atoms with Crippen LogP contribution in [0.1, 0.15) is 18.1 Å². The molecule has 25 heavy (non-hydrogen) atoms. The number of carbonyl (C=O) groups excluding carboxylic acids is 2. The lowest BCUT2D eigenvalue weighted by Crippen LogP contribution is -2.35. The van der Waals surface area contributed by atoms with Crippen LogP contribution in [0, 0.1) is 0 Å². The summed E-state index contributed by atoms with van der Waals surface area (Å²) in [5.41, 5.74) is 2.90. The molecular weight excluding hydrogens is 318 g/mol. The van der Waals surface area contributed by atoms with Gasteiger partial charge in [0.1, 0.15) is 0 Å². The average molecular weight is 343 g/mol. The van der Waals surface area contributed by atoms with E-state index in [1.54, 1.807) is 4.68 Å². The van der Waals surface area contributed by atoms with Crippen LogP contribution in [0.15, 0.2) is 36.7 Å². The standard InChI is InChI=1S/C18H25N5O2/c1-14(24)21-17-6-4-15(5-7-17)10-19-18(25)13-22(2)9-8-16-11-20-23(3)12-16/h4-7,11-12H,8-10,13H2,1-3H3,(H,19,25)(H,21,24). The van der Waals surface area contributed by atoms with E-state index in [4.69, 9.17) is 0 Å². The zero-order valence-electron chi connectivity index (χ0n) is 15.0. The van der Waals surface area contributed by atoms with Crippen molar-refractivity contribution in [2.24, 2.45) is 7.05 Å². The molecule has 0 saturated carbocycles. The summed E-state index contributed by atoms with van der Waals surface area (Å²) < 4.78 is 1.78. The molecule has 134 valence electrons. The molecule has 0 aliphatic rings. The van der Waals surface area contributed by atoms with E-state index in [1.807, 2.05) is 55.7 Å². The van der Waals surface area contributed by atoms with Crippen molar-refractivity contribution in [1.82, 2.24) is 20.0 Å². The monoisotopic (exact) mass is 343 g/mol. The summed E-state index contributed by atoms with van der Waals surface area (Å²) in [5.74, 6) is -0.116. The van der Waals surface area contributed by atoms with Crippen LogP contribution in [0.2, 0.25) is 0 Å². The summed E-state index contributed by atoms with van der Waals surface area (Å²) in [6, 6.07) is 7.42. The Morgan fingerprint density at radius 2 is 1.92 bits per heavy atom. The normalized spacial score (nSPS) is 10.7. The van der Waals surface area contributed by atoms with Gasteiger partial charge in [0.05, 0.1) is 12.7 Å². The number of nitrogens with one attached hydrogen (secondary N) is 2. The maximum Gasteiger partial charge on any atom is 0.234 e. The van der Waals surface area contributed by atoms with E-state index in [1.165, 1.54) is 6.92 Å². The summed E-state index contributed by atoms with van der Waals surface area (Å²) in [6.07, 6.45) is 4.69. The number of hydrogen-bond donors (Lipinski definition) is 2. The van der Waals surface area contributed by atoms with Crippen molar-refractivity contribution in [2.45, 2.75) is 19.9 Å². The first-order valence-electron chi connectivity index (χ1n) is 8.21. The molecule has 2 N–H and O–H groups in total. The molecule has 0 spiro atoms. The Morgan fingerprint density at radius 3 is 2.52 bits per heavy atom. The molecule has 1 heterocycles. The minimum atomic E-state index is -0.102. The molecule has 2 aromatic rings. The molecule has 0 fully saturated rings. The summed E-state index contributed by atoms with van der Waals surface area (Å²) in [5, 5.41) is 9.76. The van der Waals surface area contributed by atoms with Crippen molar-refractivity contribution in [2.75, 3.05) is 25.5 Å². The molecular formula is C18H25N5O2. The van der Waals surface area contributed by atoms with Gasteiger partial charge in [0.15, 0.2) is 0 Å². The third kappa shape index (κ3) is 6.76. The predicted molar refractivity (Wildman–Crippen MR) is 97.0 cm³/mol. The van der Waals surface area contributed by atoms with Crippen LogP contribution < -0.4 is 10.6 Å². The topological polar surface area (TPSA) is 79.3 Å². The Bertz CT molecular complexity index is 709. The van der Waals surface area contributed by atoms with Gasteiger partial charge < -0.3 is 10.6 Å². The van der Waals surface area contributed by atoms with Crippen molar-refractivity contribution >= 4 is 17.5 Å². The molecule has 2 amide bonds. The molecule has 2 rings (SSSR count). The Hall–Kier alpha value is -2.67. The summed E-state index contributed by atoms with van der Waals surface area (Å²) >= 11 is 0. The van der Waals surface area contributed by atoms with Gasteiger partial charge in [-0.15, -0.1) is 0 Å². The highest BCUT2D eigenvalue weighted by molar-refractivity contribution is 5.88. The summed E-state index contributed by atoms with van der Waals surface area (Å²) in [6.45, 7) is 3.09. The van der Waals surface area contributed by atoms with E-state index >= 15 is 0 Å². The van der Waals surface area contributed by atoms with Crippen LogP contribution >= 0.6 is 0 Å². The number of benzene rings is 1. The van der Waals surface area contributed by atoms with Crippen LogP contribution in [0.4, 0.5) is 5.69 Å². The number of likely N-dealkylation sites (N-methyl/N-ethyl adjacent to an activating group) is 1. The maximum absolute atomic E-state index is 12.0. The molecule has 0 aliphatic heterocycles. The number of anilines is 1. The molecule has 0 aliphatic carbocycles. The number of rotatable bonds is 8. The van der Waals surface area contributed by atoms with Gasteiger partial charge in [-0.3, -0.25) is 19.2 Å². The summed E-state index contributed by atoms with van der Waals surface area (Å²) in [7, 11) is 3.82. The van der Waals surface area contributed by atoms with Gasteiger partial charge >= 0.3 is 0 Å². The second-order valence-corrected chi connectivity index (χ2v) is 6.16. The first kappa shape index (κ1) is 18.7. The van der Waals surface area contributed by atoms with Crippen molar-refractivity contribution in [3.8, 4) is 0 Å². The van der Waals surface area contributed by atoms with Gasteiger partial charge in [-0.25, -0.2) is 0 Å². The smallest absolute Gasteiger partial charge is 0.234 e. The lowest BCUT2D eigenvalue weighted by Gasteiger charge is -2.15. The van der Waals surface area contributed by atoms with Crippen LogP contribution in [0.5, 0.6) is 0 Å². The van der Waals surface area contributed by atoms with Crippen LogP contribution in [-0.4, -0.2) is 46.6 Å². The number of hydrogen-bond acceptors (Lipinski definition) is 4. The van der Waals surface area contributed by atoms with E-state index in [0.29, 0.717) is 13.1 Å². The van der Waals surface area contributed by atoms with E-state index in [2.05, 4.69) is 15.7 Å². The molecule has 1 aromatic carbocycles. The zero-order chi connectivity index (χ0) is 18.2. The molecule has 1 aromatic heterocycles. The molecule has 7 heteroatoms. The molecule has 0 atom stereocenters. The largest absolute Gasteiger partial charge is 0.351 e. The van der Waals surface area contributed by atoms with Crippen LogP contribution in [0.25, 0.3) is 0 Å². The Kier molecular flexibility index (Phi) is 6.71. The minimum Gasteiger partial charge on any atom is -0.351 e. The van der Waals surface area contributed by atoms with E-state index in [-0.39, 0.29) is 11.8 Å². The third-order valence-electron chi connectivity index (χ3n) is 3.72. The fourth-order valence-corrected chi connectivity index (χ4v) is 2.41. The number of carbonyl (C=O) groups is 2. The zero-order valence-corrected chi connectivity index (χ0v) is 15.0. The molecule has 0 radical (unpaired) electrons. The van der Waals surface area contributed by atoms with Gasteiger partial charge in [-0.05, 0) is 36.7 Å². The van der Waals surface area contributed by atoms with Gasteiger partial charge in [0, 0.05) is 38.9 Å². The Labute approximate surface area is 148 Å². The molecule has 7 nitrogen and oxygen atoms in total. The van der Waals surface area contributed by atoms with Crippen LogP contribution in [0.3, 0.4) is 0 Å². The fourth-order valence-electron chi connectivity index (χ4n) is 2.41. The van der Waals surface area contributed by atoms with Crippen molar-refractivity contribution in [3.63, 3.8) is 0 Å². The minimum absolute atomic E-state index is 0.0142. The van der Waals surface area contributed by atoms with E-state index < -0.39 is 0 Å². The van der Waals surface area contributed by atoms with Gasteiger partial charge in [-0.2, -0.15) is 5.10 Å². The number of aryl methyl sites for hydroxylation is 1. The quantitative estimate of drug-likeness (QED) is 0.754. The van der Waals surface area contributed by atoms with Crippen molar-refractivity contribution < 1.29 is 9.59 Å². The highest BCUT2D eigenvalue weighted by Gasteiger charge is 2.07. The Balaban J connectivity index is 1.69. The number of aromatic nitrogens is 2. The lowest BCUT2D eigenvalue weighted by molar-refractivity contribution is -0.122. The first-order valence-corrected chi connectivity index (χ1v) is 8.21. The fraction of sp³-hybridized carbons (Fsp3) is 0.389. The van der Waals surface area contributed by atoms with Gasteiger partial charge in [0.2, 0.25) is 11.8 Å². The van der Waals surface area contributed by atoms with Crippen molar-refractivity contribution in [3.05, 3.63) is 47.8 Å². The van der Waals surface area contributed by atoms with Gasteiger partial charge in [0.25, 0.3) is 0 Å². The second kappa shape index (κ2) is 8.98. The highest BCUT2D eigenvalue weighted by Crippen LogP contribution is 2.09. The predicted octanol–water partition coefficient (Wildman–Crippen LogP) is 1.17. The van der Waals surface area contributed by atoms with E-state index in [9.17, 15) is 9.59 Å². The van der Waals surface area contributed by atoms with Crippen LogP contribution in [-0.2, 0) is 29.6 Å². The second-order valence-electron chi connectivity index (χ2n) is 6.16. The average Bonchev–Trinajstić information content (AvgIpc) is 2.97. The maximum atomic E-state index is 12.0. The lowest BCUT2D eigenvalue weighted by atomic mass is 10.2. The third-order valence-corrected chi connectivity index (χ3v) is 3.72. The number of amides is 2. The Morgan fingerprint density at radius 1 is 1.20 bits per heavy atom. The highest BCUT2D eigenvalue weighted by atomic mass is 16.2. The van der Waals surface area contributed by atoms with Gasteiger partial charge in [-0.1, -0.05) is 12.1 Å². The van der Waals surface area contributed by atoms with E-state index in [0.717, 1.165) is 29.8 Å². The number of nitrogens with zero attached hydrogens (tertiary/aromatic N) is 3. The molecule has 0 unspecified atom stereocenters. The summed E-state index contributed by atoms with van der Waals surface area (Å²) in [4.78, 5) is 25.0. The first-order chi connectivity index (χ1) is 11.9.